The molecule has 2 heterocycles. The Labute approximate surface area is 99.5 Å². The van der Waals surface area contributed by atoms with E-state index in [1.54, 1.807) is 4.52 Å². The van der Waals surface area contributed by atoms with Crippen molar-refractivity contribution >= 4 is 11.5 Å². The predicted octanol–water partition coefficient (Wildman–Crippen LogP) is 1.36. The summed E-state index contributed by atoms with van der Waals surface area (Å²) < 4.78 is 1.76. The van der Waals surface area contributed by atoms with Gasteiger partial charge in [0.15, 0.2) is 5.65 Å². The summed E-state index contributed by atoms with van der Waals surface area (Å²) in [5.74, 6) is 0.887. The number of aliphatic hydroxyl groups is 1. The molecule has 90 valence electrons. The van der Waals surface area contributed by atoms with Crippen LogP contribution in [-0.2, 0) is 0 Å². The number of hydrogen-bond acceptors (Lipinski definition) is 4. The van der Waals surface area contributed by atoms with Crippen LogP contribution in [0.15, 0.2) is 18.5 Å². The molecular weight excluding hydrogens is 216 g/mol. The molecular formula is C12H16N4O. The van der Waals surface area contributed by atoms with Gasteiger partial charge in [-0.1, -0.05) is 0 Å². The predicted molar refractivity (Wildman–Crippen MR) is 65.0 cm³/mol. The molecule has 2 N–H and O–H groups in total. The zero-order chi connectivity index (χ0) is 11.9. The summed E-state index contributed by atoms with van der Waals surface area (Å²) >= 11 is 0. The molecule has 0 aliphatic heterocycles. The highest BCUT2D eigenvalue weighted by molar-refractivity contribution is 5.51. The van der Waals surface area contributed by atoms with E-state index in [0.29, 0.717) is 6.54 Å². The lowest BCUT2D eigenvalue weighted by molar-refractivity contribution is -0.0202. The number of fused-ring (bicyclic) bond motifs is 1. The van der Waals surface area contributed by atoms with E-state index in [0.717, 1.165) is 36.3 Å². The largest absolute Gasteiger partial charge is 0.388 e. The van der Waals surface area contributed by atoms with E-state index in [4.69, 9.17) is 0 Å². The van der Waals surface area contributed by atoms with E-state index in [1.165, 1.54) is 6.33 Å². The highest BCUT2D eigenvalue weighted by Gasteiger charge is 2.34. The number of anilines is 1. The first-order valence-electron chi connectivity index (χ1n) is 5.93. The topological polar surface area (TPSA) is 62.5 Å². The minimum atomic E-state index is -0.531. The van der Waals surface area contributed by atoms with E-state index in [2.05, 4.69) is 15.4 Å². The molecule has 17 heavy (non-hydrogen) atoms. The summed E-state index contributed by atoms with van der Waals surface area (Å²) in [5.41, 5.74) is 1.43. The van der Waals surface area contributed by atoms with Crippen molar-refractivity contribution in [2.45, 2.75) is 31.8 Å². The Balaban J connectivity index is 1.86. The minimum Gasteiger partial charge on any atom is -0.388 e. The molecule has 5 heteroatoms. The SMILES string of the molecule is Cc1cc(NCC2(O)CCC2)n2ncnc2c1. The van der Waals surface area contributed by atoms with Gasteiger partial charge in [0.1, 0.15) is 12.1 Å². The fraction of sp³-hybridized carbons (Fsp3) is 0.500. The van der Waals surface area contributed by atoms with Crippen LogP contribution < -0.4 is 5.32 Å². The third-order valence-corrected chi connectivity index (χ3v) is 3.41. The summed E-state index contributed by atoms with van der Waals surface area (Å²) in [7, 11) is 0. The monoisotopic (exact) mass is 232 g/mol. The van der Waals surface area contributed by atoms with Gasteiger partial charge in [0.05, 0.1) is 5.60 Å². The molecule has 0 amide bonds. The number of aromatic nitrogens is 3. The summed E-state index contributed by atoms with van der Waals surface area (Å²) in [6, 6.07) is 4.00. The fourth-order valence-corrected chi connectivity index (χ4v) is 2.20. The Morgan fingerprint density at radius 2 is 2.29 bits per heavy atom. The lowest BCUT2D eigenvalue weighted by Crippen LogP contribution is -2.43. The van der Waals surface area contributed by atoms with Crippen LogP contribution in [0.4, 0.5) is 5.82 Å². The fourth-order valence-electron chi connectivity index (χ4n) is 2.20. The van der Waals surface area contributed by atoms with E-state index in [-0.39, 0.29) is 0 Å². The molecule has 1 aliphatic carbocycles. The van der Waals surface area contributed by atoms with Crippen molar-refractivity contribution in [2.75, 3.05) is 11.9 Å². The van der Waals surface area contributed by atoms with E-state index < -0.39 is 5.60 Å². The van der Waals surface area contributed by atoms with Crippen molar-refractivity contribution in [2.24, 2.45) is 0 Å². The van der Waals surface area contributed by atoms with Crippen LogP contribution in [0.25, 0.3) is 5.65 Å². The summed E-state index contributed by atoms with van der Waals surface area (Å²) in [6.07, 6.45) is 4.42. The molecule has 0 atom stereocenters. The van der Waals surface area contributed by atoms with Crippen molar-refractivity contribution in [1.29, 1.82) is 0 Å². The maximum absolute atomic E-state index is 10.1. The number of nitrogens with one attached hydrogen (secondary N) is 1. The number of pyridine rings is 1. The second-order valence-electron chi connectivity index (χ2n) is 4.88. The van der Waals surface area contributed by atoms with Crippen LogP contribution in [0, 0.1) is 6.92 Å². The van der Waals surface area contributed by atoms with Crippen LogP contribution in [0.3, 0.4) is 0 Å². The molecule has 0 saturated heterocycles. The van der Waals surface area contributed by atoms with Crippen molar-refractivity contribution in [3.63, 3.8) is 0 Å². The third-order valence-electron chi connectivity index (χ3n) is 3.41. The van der Waals surface area contributed by atoms with Gasteiger partial charge in [-0.2, -0.15) is 9.61 Å². The summed E-state index contributed by atoms with van der Waals surface area (Å²) in [4.78, 5) is 4.17. The Morgan fingerprint density at radius 3 is 3.00 bits per heavy atom. The lowest BCUT2D eigenvalue weighted by Gasteiger charge is -2.36. The Bertz CT molecular complexity index is 544. The number of aryl methyl sites for hydroxylation is 1. The van der Waals surface area contributed by atoms with Crippen LogP contribution in [0.2, 0.25) is 0 Å². The van der Waals surface area contributed by atoms with Gasteiger partial charge in [-0.3, -0.25) is 0 Å². The molecule has 1 saturated carbocycles. The number of nitrogens with zero attached hydrogens (tertiary/aromatic N) is 3. The average molecular weight is 232 g/mol. The van der Waals surface area contributed by atoms with Gasteiger partial charge < -0.3 is 10.4 Å². The number of hydrogen-bond donors (Lipinski definition) is 2. The molecule has 2 aromatic heterocycles. The molecule has 0 aromatic carbocycles. The normalized spacial score (nSPS) is 18.0. The molecule has 0 spiro atoms. The molecule has 0 radical (unpaired) electrons. The highest BCUT2D eigenvalue weighted by atomic mass is 16.3. The summed E-state index contributed by atoms with van der Waals surface area (Å²) in [6.45, 7) is 2.60. The zero-order valence-corrected chi connectivity index (χ0v) is 9.85. The van der Waals surface area contributed by atoms with Crippen LogP contribution in [0.5, 0.6) is 0 Å². The standard InChI is InChI=1S/C12H16N4O/c1-9-5-10(13-7-12(17)3-2-4-12)16-11(6-9)14-8-15-16/h5-6,8,13,17H,2-4,7H2,1H3. The van der Waals surface area contributed by atoms with Crippen LogP contribution in [-0.4, -0.2) is 31.9 Å². The van der Waals surface area contributed by atoms with Crippen molar-refractivity contribution in [3.05, 3.63) is 24.0 Å². The van der Waals surface area contributed by atoms with Crippen LogP contribution in [0.1, 0.15) is 24.8 Å². The Kier molecular flexibility index (Phi) is 2.29. The van der Waals surface area contributed by atoms with Gasteiger partial charge >= 0.3 is 0 Å². The van der Waals surface area contributed by atoms with Gasteiger partial charge in [0.25, 0.3) is 0 Å². The van der Waals surface area contributed by atoms with Crippen molar-refractivity contribution in [3.8, 4) is 0 Å². The zero-order valence-electron chi connectivity index (χ0n) is 9.85. The first-order valence-corrected chi connectivity index (χ1v) is 5.93. The van der Waals surface area contributed by atoms with Gasteiger partial charge in [-0.25, -0.2) is 4.98 Å². The van der Waals surface area contributed by atoms with Crippen molar-refractivity contribution < 1.29 is 5.11 Å². The molecule has 3 rings (SSSR count). The van der Waals surface area contributed by atoms with Gasteiger partial charge in [0.2, 0.25) is 0 Å². The maximum Gasteiger partial charge on any atom is 0.157 e. The van der Waals surface area contributed by atoms with Crippen LogP contribution >= 0.6 is 0 Å². The molecule has 2 aromatic rings. The molecule has 0 unspecified atom stereocenters. The van der Waals surface area contributed by atoms with E-state index >= 15 is 0 Å². The second kappa shape index (κ2) is 3.70. The van der Waals surface area contributed by atoms with Gasteiger partial charge in [0, 0.05) is 6.54 Å². The Hall–Kier alpha value is -1.62. The second-order valence-corrected chi connectivity index (χ2v) is 4.88. The smallest absolute Gasteiger partial charge is 0.157 e. The molecule has 5 nitrogen and oxygen atoms in total. The number of rotatable bonds is 3. The van der Waals surface area contributed by atoms with Gasteiger partial charge in [-0.05, 0) is 43.9 Å². The highest BCUT2D eigenvalue weighted by Crippen LogP contribution is 2.31. The molecule has 0 bridgehead atoms. The third kappa shape index (κ3) is 1.86. The quantitative estimate of drug-likeness (QED) is 0.839. The minimum absolute atomic E-state index is 0.531. The van der Waals surface area contributed by atoms with E-state index in [1.807, 2.05) is 19.1 Å². The summed E-state index contributed by atoms with van der Waals surface area (Å²) in [5, 5.41) is 17.5. The molecule has 1 aliphatic rings. The van der Waals surface area contributed by atoms with Gasteiger partial charge in [-0.15, -0.1) is 0 Å². The average Bonchev–Trinajstić information content (AvgIpc) is 2.71. The first-order chi connectivity index (χ1) is 8.16. The van der Waals surface area contributed by atoms with Crippen molar-refractivity contribution in [1.82, 2.24) is 14.6 Å². The lowest BCUT2D eigenvalue weighted by atomic mass is 9.80. The van der Waals surface area contributed by atoms with E-state index in [9.17, 15) is 5.11 Å². The Morgan fingerprint density at radius 1 is 1.47 bits per heavy atom. The molecule has 1 fully saturated rings. The first kappa shape index (κ1) is 10.5. The maximum atomic E-state index is 10.1.